The maximum absolute atomic E-state index is 2.47. The van der Waals surface area contributed by atoms with Gasteiger partial charge in [0.25, 0.3) is 0 Å². The third kappa shape index (κ3) is 2.63. The fourth-order valence-corrected chi connectivity index (χ4v) is 8.52. The molecule has 0 saturated heterocycles. The summed E-state index contributed by atoms with van der Waals surface area (Å²) in [5.41, 5.74) is 14.6. The van der Waals surface area contributed by atoms with E-state index in [0.29, 0.717) is 0 Å². The predicted octanol–water partition coefficient (Wildman–Crippen LogP) is 10.4. The fourth-order valence-electron chi connectivity index (χ4n) is 7.41. The van der Waals surface area contributed by atoms with Gasteiger partial charge in [0.05, 0.1) is 5.41 Å². The van der Waals surface area contributed by atoms with Crippen LogP contribution in [0.5, 0.6) is 0 Å². The first-order valence-corrected chi connectivity index (χ1v) is 14.4. The number of thiophene rings is 1. The SMILES string of the molecule is Cc1ccc2c(c1)C1(c3cc(-c4ccccc4)ccc3-2)c2ccccc2-c2c1ccc1sc3ccccc3c21. The van der Waals surface area contributed by atoms with Gasteiger partial charge < -0.3 is 0 Å². The first kappa shape index (κ1) is 21.5. The van der Waals surface area contributed by atoms with Crippen molar-refractivity contribution in [2.75, 3.05) is 0 Å². The molecule has 2 aliphatic carbocycles. The van der Waals surface area contributed by atoms with Gasteiger partial charge >= 0.3 is 0 Å². The van der Waals surface area contributed by atoms with E-state index in [0.717, 1.165) is 0 Å². The molecule has 0 nitrogen and oxygen atoms in total. The summed E-state index contributed by atoms with van der Waals surface area (Å²) in [5.74, 6) is 0. The molecule has 2 aliphatic rings. The van der Waals surface area contributed by atoms with E-state index in [1.807, 2.05) is 11.3 Å². The second-order valence-corrected chi connectivity index (χ2v) is 12.0. The molecule has 1 unspecified atom stereocenters. The van der Waals surface area contributed by atoms with Crippen molar-refractivity contribution in [2.24, 2.45) is 0 Å². The van der Waals surface area contributed by atoms with E-state index in [1.165, 1.54) is 81.4 Å². The topological polar surface area (TPSA) is 0 Å². The van der Waals surface area contributed by atoms with Crippen LogP contribution in [0.3, 0.4) is 0 Å². The Labute approximate surface area is 231 Å². The smallest absolute Gasteiger partial charge is 0.0726 e. The van der Waals surface area contributed by atoms with Crippen molar-refractivity contribution in [3.63, 3.8) is 0 Å². The molecule has 1 spiro atoms. The van der Waals surface area contributed by atoms with Gasteiger partial charge in [0, 0.05) is 20.2 Å². The van der Waals surface area contributed by atoms with Gasteiger partial charge in [0.1, 0.15) is 0 Å². The molecule has 0 aliphatic heterocycles. The summed E-state index contributed by atoms with van der Waals surface area (Å²) in [4.78, 5) is 0. The van der Waals surface area contributed by atoms with Crippen LogP contribution in [-0.4, -0.2) is 0 Å². The van der Waals surface area contributed by atoms with Crippen LogP contribution < -0.4 is 0 Å². The number of aryl methyl sites for hydroxylation is 1. The first-order chi connectivity index (χ1) is 19.2. The lowest BCUT2D eigenvalue weighted by atomic mass is 9.70. The maximum atomic E-state index is 2.47. The summed E-state index contributed by atoms with van der Waals surface area (Å²) in [5, 5.41) is 2.77. The van der Waals surface area contributed by atoms with E-state index in [1.54, 1.807) is 0 Å². The number of rotatable bonds is 1. The Balaban J connectivity index is 1.48. The average molecular weight is 513 g/mol. The van der Waals surface area contributed by atoms with E-state index in [9.17, 15) is 0 Å². The Morgan fingerprint density at radius 3 is 2.13 bits per heavy atom. The first-order valence-electron chi connectivity index (χ1n) is 13.6. The molecule has 39 heavy (non-hydrogen) atoms. The lowest BCUT2D eigenvalue weighted by molar-refractivity contribution is 0.793. The van der Waals surface area contributed by atoms with Crippen LogP contribution in [0.1, 0.15) is 27.8 Å². The largest absolute Gasteiger partial charge is 0.135 e. The second kappa shape index (κ2) is 7.56. The minimum Gasteiger partial charge on any atom is -0.135 e. The van der Waals surface area contributed by atoms with Gasteiger partial charge in [-0.25, -0.2) is 0 Å². The van der Waals surface area contributed by atoms with E-state index < -0.39 is 0 Å². The Hall–Kier alpha value is -4.46. The van der Waals surface area contributed by atoms with Gasteiger partial charge in [-0.1, -0.05) is 115 Å². The summed E-state index contributed by atoms with van der Waals surface area (Å²) >= 11 is 1.91. The highest BCUT2D eigenvalue weighted by Crippen LogP contribution is 2.64. The van der Waals surface area contributed by atoms with Gasteiger partial charge in [-0.3, -0.25) is 0 Å². The quantitative estimate of drug-likeness (QED) is 0.205. The molecule has 0 radical (unpaired) electrons. The highest BCUT2D eigenvalue weighted by atomic mass is 32.1. The molecular weight excluding hydrogens is 488 g/mol. The molecule has 0 bridgehead atoms. The number of benzene rings is 6. The van der Waals surface area contributed by atoms with E-state index in [4.69, 9.17) is 0 Å². The number of hydrogen-bond donors (Lipinski definition) is 0. The maximum Gasteiger partial charge on any atom is 0.0726 e. The monoisotopic (exact) mass is 512 g/mol. The predicted molar refractivity (Wildman–Crippen MR) is 166 cm³/mol. The van der Waals surface area contributed by atoms with Crippen molar-refractivity contribution in [2.45, 2.75) is 12.3 Å². The summed E-state index contributed by atoms with van der Waals surface area (Å²) in [6.45, 7) is 2.23. The highest BCUT2D eigenvalue weighted by molar-refractivity contribution is 7.26. The van der Waals surface area contributed by atoms with Gasteiger partial charge in [-0.2, -0.15) is 0 Å². The molecular formula is C38H24S. The van der Waals surface area contributed by atoms with Gasteiger partial charge in [0.15, 0.2) is 0 Å². The van der Waals surface area contributed by atoms with Gasteiger partial charge in [-0.05, 0) is 80.8 Å². The van der Waals surface area contributed by atoms with E-state index >= 15 is 0 Å². The lowest BCUT2D eigenvalue weighted by Gasteiger charge is -2.31. The highest BCUT2D eigenvalue weighted by Gasteiger charge is 2.52. The molecule has 7 aromatic rings. The Bertz CT molecular complexity index is 2130. The van der Waals surface area contributed by atoms with E-state index in [-0.39, 0.29) is 5.41 Å². The van der Waals surface area contributed by atoms with E-state index in [2.05, 4.69) is 134 Å². The van der Waals surface area contributed by atoms with Crippen molar-refractivity contribution in [1.82, 2.24) is 0 Å². The summed E-state index contributed by atoms with van der Waals surface area (Å²) < 4.78 is 2.72. The molecule has 9 rings (SSSR count). The summed E-state index contributed by atoms with van der Waals surface area (Å²) in [7, 11) is 0. The van der Waals surface area contributed by atoms with Crippen molar-refractivity contribution in [3.8, 4) is 33.4 Å². The fraction of sp³-hybridized carbons (Fsp3) is 0.0526. The zero-order chi connectivity index (χ0) is 25.7. The standard InChI is InChI=1S/C38H24S/c1-23-15-17-26-27-18-16-25(24-9-3-2-4-10-24)22-33(27)38(32(26)21-23)30-13-7-5-11-28(30)36-31(38)19-20-35-37(36)29-12-6-8-14-34(29)39-35/h2-22H,1H3. The summed E-state index contributed by atoms with van der Waals surface area (Å²) in [6, 6.07) is 47.9. The van der Waals surface area contributed by atoms with Gasteiger partial charge in [0.2, 0.25) is 0 Å². The number of fused-ring (bicyclic) bond motifs is 14. The molecule has 1 aromatic heterocycles. The van der Waals surface area contributed by atoms with Gasteiger partial charge in [-0.15, -0.1) is 11.3 Å². The van der Waals surface area contributed by atoms with Crippen molar-refractivity contribution < 1.29 is 0 Å². The van der Waals surface area contributed by atoms with Crippen LogP contribution in [0.15, 0.2) is 127 Å². The normalized spacial score (nSPS) is 16.4. The molecule has 0 saturated carbocycles. The number of hydrogen-bond acceptors (Lipinski definition) is 1. The molecule has 1 heteroatoms. The third-order valence-electron chi connectivity index (χ3n) is 8.95. The van der Waals surface area contributed by atoms with Crippen LogP contribution >= 0.6 is 11.3 Å². The molecule has 0 amide bonds. The zero-order valence-corrected chi connectivity index (χ0v) is 22.3. The Morgan fingerprint density at radius 1 is 0.487 bits per heavy atom. The van der Waals surface area contributed by atoms with Crippen LogP contribution in [-0.2, 0) is 5.41 Å². The molecule has 1 atom stereocenters. The van der Waals surface area contributed by atoms with Crippen LogP contribution in [0.4, 0.5) is 0 Å². The molecule has 6 aromatic carbocycles. The zero-order valence-electron chi connectivity index (χ0n) is 21.5. The second-order valence-electron chi connectivity index (χ2n) is 10.9. The molecule has 1 heterocycles. The van der Waals surface area contributed by atoms with Crippen LogP contribution in [0, 0.1) is 6.92 Å². The molecule has 0 fully saturated rings. The minimum atomic E-state index is -0.343. The molecule has 0 N–H and O–H groups in total. The minimum absolute atomic E-state index is 0.343. The van der Waals surface area contributed by atoms with Crippen molar-refractivity contribution in [3.05, 3.63) is 155 Å². The Kier molecular flexibility index (Phi) is 4.16. The molecule has 182 valence electrons. The third-order valence-corrected chi connectivity index (χ3v) is 10.1. The average Bonchev–Trinajstić information content (AvgIpc) is 3.60. The Morgan fingerprint density at radius 2 is 1.23 bits per heavy atom. The van der Waals surface area contributed by atoms with Crippen molar-refractivity contribution >= 4 is 31.5 Å². The lowest BCUT2D eigenvalue weighted by Crippen LogP contribution is -2.26. The summed E-state index contributed by atoms with van der Waals surface area (Å²) in [6.07, 6.45) is 0. The van der Waals surface area contributed by atoms with Crippen LogP contribution in [0.2, 0.25) is 0 Å². The van der Waals surface area contributed by atoms with Crippen molar-refractivity contribution in [1.29, 1.82) is 0 Å². The van der Waals surface area contributed by atoms with Crippen LogP contribution in [0.25, 0.3) is 53.6 Å².